The van der Waals surface area contributed by atoms with E-state index in [1.807, 2.05) is 0 Å². The first-order valence-electron chi connectivity index (χ1n) is 7.92. The van der Waals surface area contributed by atoms with Crippen LogP contribution in [0.3, 0.4) is 0 Å². The summed E-state index contributed by atoms with van der Waals surface area (Å²) in [6.45, 7) is 2.08. The lowest BCUT2D eigenvalue weighted by molar-refractivity contribution is -0.168. The summed E-state index contributed by atoms with van der Waals surface area (Å²) >= 11 is 0. The van der Waals surface area contributed by atoms with Gasteiger partial charge >= 0.3 is 11.9 Å². The van der Waals surface area contributed by atoms with E-state index in [9.17, 15) is 14.4 Å². The smallest absolute Gasteiger partial charge is 0.323 e. The minimum absolute atomic E-state index is 0.0114. The molecule has 5 heteroatoms. The molecule has 0 saturated heterocycles. The zero-order valence-corrected chi connectivity index (χ0v) is 13.9. The number of allylic oxidation sites excluding steroid dienone is 2. The Labute approximate surface area is 136 Å². The van der Waals surface area contributed by atoms with Crippen LogP contribution in [-0.4, -0.2) is 31.9 Å². The second kappa shape index (κ2) is 6.99. The number of ketones is 1. The Morgan fingerprint density at radius 3 is 2.48 bits per heavy atom. The molecule has 5 nitrogen and oxygen atoms in total. The summed E-state index contributed by atoms with van der Waals surface area (Å²) < 4.78 is 9.64. The van der Waals surface area contributed by atoms with Gasteiger partial charge in [-0.1, -0.05) is 25.2 Å². The van der Waals surface area contributed by atoms with Crippen molar-refractivity contribution in [1.29, 1.82) is 0 Å². The Bertz CT molecular complexity index is 601. The average molecular weight is 318 g/mol. The van der Waals surface area contributed by atoms with Crippen molar-refractivity contribution in [2.45, 2.75) is 45.4 Å². The molecule has 1 fully saturated rings. The van der Waals surface area contributed by atoms with E-state index < -0.39 is 17.4 Å². The number of Topliss-reactive ketones (excluding diaryl/α,β-unsaturated/α-hetero) is 1. The van der Waals surface area contributed by atoms with Crippen LogP contribution in [-0.2, 0) is 23.9 Å². The molecule has 1 unspecified atom stereocenters. The van der Waals surface area contributed by atoms with Crippen molar-refractivity contribution in [1.82, 2.24) is 0 Å². The average Bonchev–Trinajstić information content (AvgIpc) is 3.05. The normalized spacial score (nSPS) is 21.5. The Morgan fingerprint density at radius 1 is 1.26 bits per heavy atom. The summed E-state index contributed by atoms with van der Waals surface area (Å²) in [7, 11) is 2.51. The zero-order valence-electron chi connectivity index (χ0n) is 13.9. The van der Waals surface area contributed by atoms with E-state index in [0.717, 1.165) is 24.8 Å². The maximum atomic E-state index is 12.2. The molecule has 2 aliphatic carbocycles. The van der Waals surface area contributed by atoms with Gasteiger partial charge in [0, 0.05) is 12.8 Å². The summed E-state index contributed by atoms with van der Waals surface area (Å²) in [6.07, 6.45) is 3.51. The molecule has 0 aromatic rings. The molecular weight excluding hydrogens is 296 g/mol. The molecule has 0 aromatic heterocycles. The Hall–Kier alpha value is -2.09. The van der Waals surface area contributed by atoms with Gasteiger partial charge in [0.1, 0.15) is 0 Å². The predicted molar refractivity (Wildman–Crippen MR) is 83.1 cm³/mol. The van der Waals surface area contributed by atoms with Crippen molar-refractivity contribution < 1.29 is 23.9 Å². The monoisotopic (exact) mass is 318 g/mol. The molecule has 23 heavy (non-hydrogen) atoms. The van der Waals surface area contributed by atoms with Gasteiger partial charge in [0.25, 0.3) is 0 Å². The molecule has 0 aliphatic heterocycles. The largest absolute Gasteiger partial charge is 0.468 e. The van der Waals surface area contributed by atoms with Crippen molar-refractivity contribution in [3.63, 3.8) is 0 Å². The zero-order chi connectivity index (χ0) is 17.0. The van der Waals surface area contributed by atoms with Crippen LogP contribution in [0.4, 0.5) is 0 Å². The number of methoxy groups -OCH3 is 2. The first kappa shape index (κ1) is 17.3. The minimum atomic E-state index is -1.33. The third-order valence-electron chi connectivity index (χ3n) is 4.63. The fourth-order valence-electron chi connectivity index (χ4n) is 3.43. The fraction of sp³-hybridized carbons (Fsp3) is 0.611. The molecule has 0 spiro atoms. The number of carbonyl (C=O) groups is 3. The van der Waals surface area contributed by atoms with E-state index in [0.29, 0.717) is 12.0 Å². The molecule has 1 atom stereocenters. The van der Waals surface area contributed by atoms with Crippen LogP contribution < -0.4 is 0 Å². The maximum absolute atomic E-state index is 12.2. The van der Waals surface area contributed by atoms with Gasteiger partial charge in [0.15, 0.2) is 11.2 Å². The van der Waals surface area contributed by atoms with Crippen molar-refractivity contribution in [3.8, 4) is 11.8 Å². The molecular formula is C18H22O5. The highest BCUT2D eigenvalue weighted by Gasteiger charge is 2.58. The highest BCUT2D eigenvalue weighted by atomic mass is 16.5. The molecule has 1 saturated carbocycles. The van der Waals surface area contributed by atoms with Crippen molar-refractivity contribution in [3.05, 3.63) is 11.1 Å². The third kappa shape index (κ3) is 3.03. The molecule has 0 bridgehead atoms. The second-order valence-electron chi connectivity index (χ2n) is 6.08. The minimum Gasteiger partial charge on any atom is -0.468 e. The van der Waals surface area contributed by atoms with E-state index in [1.165, 1.54) is 14.2 Å². The van der Waals surface area contributed by atoms with Crippen molar-refractivity contribution in [2.75, 3.05) is 14.2 Å². The number of fused-ring (bicyclic) bond motifs is 1. The lowest BCUT2D eigenvalue weighted by atomic mass is 9.83. The summed E-state index contributed by atoms with van der Waals surface area (Å²) in [6, 6.07) is 0. The summed E-state index contributed by atoms with van der Waals surface area (Å²) in [4.78, 5) is 36.5. The van der Waals surface area contributed by atoms with Crippen LogP contribution in [0.5, 0.6) is 0 Å². The number of unbranched alkanes of at least 4 members (excludes halogenated alkanes) is 2. The van der Waals surface area contributed by atoms with Crippen LogP contribution in [0.25, 0.3) is 0 Å². The second-order valence-corrected chi connectivity index (χ2v) is 6.08. The molecule has 0 heterocycles. The van der Waals surface area contributed by atoms with Gasteiger partial charge in [0.2, 0.25) is 0 Å². The number of hydrogen-bond donors (Lipinski definition) is 0. The first-order chi connectivity index (χ1) is 11.0. The van der Waals surface area contributed by atoms with Crippen LogP contribution in [0.15, 0.2) is 11.1 Å². The summed E-state index contributed by atoms with van der Waals surface area (Å²) in [5.41, 5.74) is -0.0313. The van der Waals surface area contributed by atoms with Gasteiger partial charge in [0.05, 0.1) is 19.8 Å². The van der Waals surface area contributed by atoms with Gasteiger partial charge in [-0.25, -0.2) is 0 Å². The van der Waals surface area contributed by atoms with E-state index in [4.69, 9.17) is 9.47 Å². The third-order valence-corrected chi connectivity index (χ3v) is 4.63. The quantitative estimate of drug-likeness (QED) is 0.344. The number of ether oxygens (including phenoxy) is 2. The van der Waals surface area contributed by atoms with Crippen LogP contribution >= 0.6 is 0 Å². The first-order valence-corrected chi connectivity index (χ1v) is 7.92. The Morgan fingerprint density at radius 2 is 1.91 bits per heavy atom. The van der Waals surface area contributed by atoms with Gasteiger partial charge < -0.3 is 9.47 Å². The number of rotatable bonds is 4. The SMILES string of the molecule is CCCCC#CC1=C2CC(C(=O)OC)(C(=O)OC)CC2CC1=O. The Balaban J connectivity index is 2.34. The topological polar surface area (TPSA) is 69.7 Å². The molecule has 2 aliphatic rings. The molecule has 0 N–H and O–H groups in total. The standard InChI is InChI=1S/C18H22O5/c1-4-5-6-7-8-13-14-11-18(16(20)22-2,17(21)23-3)10-12(14)9-15(13)19/h12H,4-6,9-11H2,1-3H3. The van der Waals surface area contributed by atoms with E-state index in [-0.39, 0.29) is 24.5 Å². The number of hydrogen-bond acceptors (Lipinski definition) is 5. The fourth-order valence-corrected chi connectivity index (χ4v) is 3.43. The van der Waals surface area contributed by atoms with Crippen molar-refractivity contribution >= 4 is 17.7 Å². The van der Waals surface area contributed by atoms with E-state index in [2.05, 4.69) is 18.8 Å². The molecule has 2 rings (SSSR count). The van der Waals surface area contributed by atoms with Crippen LogP contribution in [0, 0.1) is 23.2 Å². The molecule has 124 valence electrons. The summed E-state index contributed by atoms with van der Waals surface area (Å²) in [5.74, 6) is 4.69. The van der Waals surface area contributed by atoms with E-state index in [1.54, 1.807) is 0 Å². The van der Waals surface area contributed by atoms with Crippen LogP contribution in [0.2, 0.25) is 0 Å². The summed E-state index contributed by atoms with van der Waals surface area (Å²) in [5, 5.41) is 0. The van der Waals surface area contributed by atoms with Gasteiger partial charge in [-0.05, 0) is 30.8 Å². The highest BCUT2D eigenvalue weighted by molar-refractivity contribution is 6.06. The van der Waals surface area contributed by atoms with Gasteiger partial charge in [-0.15, -0.1) is 0 Å². The Kier molecular flexibility index (Phi) is 5.25. The maximum Gasteiger partial charge on any atom is 0.323 e. The highest BCUT2D eigenvalue weighted by Crippen LogP contribution is 2.52. The lowest BCUT2D eigenvalue weighted by Gasteiger charge is -2.23. The van der Waals surface area contributed by atoms with Gasteiger partial charge in [-0.3, -0.25) is 14.4 Å². The lowest BCUT2D eigenvalue weighted by Crippen LogP contribution is -2.39. The number of esters is 2. The molecule has 0 amide bonds. The van der Waals surface area contributed by atoms with Gasteiger partial charge in [-0.2, -0.15) is 0 Å². The number of carbonyl (C=O) groups excluding carboxylic acids is 3. The van der Waals surface area contributed by atoms with E-state index >= 15 is 0 Å². The predicted octanol–water partition coefficient (Wildman–Crippen LogP) is 2.19. The molecule has 0 radical (unpaired) electrons. The molecule has 0 aromatic carbocycles. The van der Waals surface area contributed by atoms with Crippen LogP contribution in [0.1, 0.15) is 45.4 Å². The van der Waals surface area contributed by atoms with Crippen molar-refractivity contribution in [2.24, 2.45) is 11.3 Å².